The molecule has 3 heteroatoms. The summed E-state index contributed by atoms with van der Waals surface area (Å²) in [6, 6.07) is 0.523. The Morgan fingerprint density at radius 2 is 1.86 bits per heavy atom. The molecule has 2 fully saturated rings. The Labute approximate surface area is 130 Å². The molecular formula is C18H35NO2. The lowest BCUT2D eigenvalue weighted by Crippen LogP contribution is -2.41. The molecule has 0 spiro atoms. The zero-order valence-electron chi connectivity index (χ0n) is 14.0. The fraction of sp³-hybridized carbons (Fsp3) is 1.00. The van der Waals surface area contributed by atoms with Gasteiger partial charge in [-0.05, 0) is 44.4 Å². The highest BCUT2D eigenvalue weighted by Crippen LogP contribution is 2.27. The third-order valence-electron chi connectivity index (χ3n) is 5.44. The van der Waals surface area contributed by atoms with Crippen molar-refractivity contribution in [3.8, 4) is 0 Å². The Hall–Kier alpha value is -0.120. The molecule has 0 aliphatic heterocycles. The van der Waals surface area contributed by atoms with Gasteiger partial charge in [-0.15, -0.1) is 0 Å². The van der Waals surface area contributed by atoms with Gasteiger partial charge in [-0.3, -0.25) is 0 Å². The molecule has 2 aliphatic carbocycles. The van der Waals surface area contributed by atoms with Crippen LogP contribution >= 0.6 is 0 Å². The number of ether oxygens (including phenoxy) is 1. The summed E-state index contributed by atoms with van der Waals surface area (Å²) >= 11 is 0. The molecule has 2 rings (SSSR count). The number of nitrogens with one attached hydrogen (secondary N) is 1. The van der Waals surface area contributed by atoms with E-state index >= 15 is 0 Å². The molecule has 0 aromatic heterocycles. The zero-order valence-corrected chi connectivity index (χ0v) is 14.0. The molecule has 3 nitrogen and oxygen atoms in total. The number of hydrogen-bond acceptors (Lipinski definition) is 3. The van der Waals surface area contributed by atoms with Crippen molar-refractivity contribution in [2.24, 2.45) is 11.8 Å². The normalized spacial score (nSPS) is 31.0. The van der Waals surface area contributed by atoms with Crippen LogP contribution in [0.15, 0.2) is 0 Å². The van der Waals surface area contributed by atoms with E-state index in [-0.39, 0.29) is 6.10 Å². The minimum absolute atomic E-state index is 0.367. The lowest BCUT2D eigenvalue weighted by atomic mass is 9.84. The van der Waals surface area contributed by atoms with Crippen molar-refractivity contribution in [1.82, 2.24) is 5.32 Å². The molecular weight excluding hydrogens is 262 g/mol. The molecule has 0 aromatic rings. The third kappa shape index (κ3) is 6.25. The van der Waals surface area contributed by atoms with Gasteiger partial charge in [0.15, 0.2) is 0 Å². The van der Waals surface area contributed by atoms with Crippen LogP contribution < -0.4 is 5.32 Å². The van der Waals surface area contributed by atoms with Gasteiger partial charge in [0.25, 0.3) is 0 Å². The molecule has 0 aromatic carbocycles. The van der Waals surface area contributed by atoms with E-state index in [0.717, 1.165) is 11.8 Å². The second kappa shape index (κ2) is 9.12. The summed E-state index contributed by atoms with van der Waals surface area (Å²) < 4.78 is 5.90. The van der Waals surface area contributed by atoms with Crippen molar-refractivity contribution in [3.05, 3.63) is 0 Å². The first-order valence-corrected chi connectivity index (χ1v) is 9.18. The van der Waals surface area contributed by atoms with E-state index < -0.39 is 0 Å². The highest BCUT2D eigenvalue weighted by atomic mass is 16.5. The second-order valence-corrected chi connectivity index (χ2v) is 7.48. The molecule has 0 amide bonds. The van der Waals surface area contributed by atoms with Gasteiger partial charge in [0.2, 0.25) is 0 Å². The minimum Gasteiger partial charge on any atom is -0.389 e. The number of aliphatic hydroxyl groups is 1. The molecule has 124 valence electrons. The van der Waals surface area contributed by atoms with Crippen molar-refractivity contribution >= 4 is 0 Å². The average molecular weight is 297 g/mol. The molecule has 2 aliphatic rings. The van der Waals surface area contributed by atoms with Crippen molar-refractivity contribution in [2.75, 3.05) is 13.2 Å². The fourth-order valence-corrected chi connectivity index (χ4v) is 3.96. The van der Waals surface area contributed by atoms with E-state index in [9.17, 15) is 5.11 Å². The summed E-state index contributed by atoms with van der Waals surface area (Å²) in [5, 5.41) is 13.6. The first-order valence-electron chi connectivity index (χ1n) is 9.18. The molecule has 4 atom stereocenters. The topological polar surface area (TPSA) is 41.5 Å². The van der Waals surface area contributed by atoms with Crippen molar-refractivity contribution in [3.63, 3.8) is 0 Å². The van der Waals surface area contributed by atoms with E-state index in [1.54, 1.807) is 0 Å². The summed E-state index contributed by atoms with van der Waals surface area (Å²) in [5.41, 5.74) is 0. The predicted molar refractivity (Wildman–Crippen MR) is 87.4 cm³/mol. The summed E-state index contributed by atoms with van der Waals surface area (Å²) in [5.74, 6) is 1.58. The standard InChI is InChI=1S/C18H35NO2/c1-14-7-6-10-18(11-14)21-13-17(20)12-19-15(2)16-8-4-3-5-9-16/h14-20H,3-13H2,1-2H3/t14?,15-,17?,18?/m0/s1. The Kier molecular flexibility index (Phi) is 7.48. The SMILES string of the molecule is CC1CCCC(OCC(O)CN[C@@H](C)C2CCCCC2)C1. The molecule has 2 N–H and O–H groups in total. The molecule has 0 bridgehead atoms. The van der Waals surface area contributed by atoms with Crippen LogP contribution in [-0.4, -0.2) is 36.5 Å². The Morgan fingerprint density at radius 1 is 1.10 bits per heavy atom. The maximum atomic E-state index is 10.1. The van der Waals surface area contributed by atoms with Gasteiger partial charge in [-0.1, -0.05) is 39.0 Å². The van der Waals surface area contributed by atoms with E-state index in [4.69, 9.17) is 4.74 Å². The van der Waals surface area contributed by atoms with Gasteiger partial charge in [-0.2, -0.15) is 0 Å². The van der Waals surface area contributed by atoms with E-state index in [2.05, 4.69) is 19.2 Å². The average Bonchev–Trinajstić information content (AvgIpc) is 2.51. The van der Waals surface area contributed by atoms with Crippen LogP contribution in [-0.2, 0) is 4.74 Å². The van der Waals surface area contributed by atoms with Crippen LogP contribution in [0.25, 0.3) is 0 Å². The first kappa shape index (κ1) is 17.2. The smallest absolute Gasteiger partial charge is 0.0897 e. The molecule has 3 unspecified atom stereocenters. The third-order valence-corrected chi connectivity index (χ3v) is 5.44. The molecule has 0 radical (unpaired) electrons. The number of hydrogen-bond donors (Lipinski definition) is 2. The molecule has 0 heterocycles. The van der Waals surface area contributed by atoms with Crippen LogP contribution in [0.4, 0.5) is 0 Å². The van der Waals surface area contributed by atoms with Crippen LogP contribution in [0, 0.1) is 11.8 Å². The zero-order chi connectivity index (χ0) is 15.1. The fourth-order valence-electron chi connectivity index (χ4n) is 3.96. The molecule has 2 saturated carbocycles. The Morgan fingerprint density at radius 3 is 2.57 bits per heavy atom. The van der Waals surface area contributed by atoms with Crippen LogP contribution in [0.1, 0.15) is 71.6 Å². The lowest BCUT2D eigenvalue weighted by molar-refractivity contribution is -0.0315. The van der Waals surface area contributed by atoms with Gasteiger partial charge >= 0.3 is 0 Å². The summed E-state index contributed by atoms with van der Waals surface area (Å²) in [6.45, 7) is 5.73. The summed E-state index contributed by atoms with van der Waals surface area (Å²) in [7, 11) is 0. The second-order valence-electron chi connectivity index (χ2n) is 7.48. The Balaban J connectivity index is 1.57. The predicted octanol–water partition coefficient (Wildman–Crippen LogP) is 3.50. The largest absolute Gasteiger partial charge is 0.389 e. The van der Waals surface area contributed by atoms with E-state index in [1.165, 1.54) is 57.8 Å². The van der Waals surface area contributed by atoms with Gasteiger partial charge in [-0.25, -0.2) is 0 Å². The molecule has 21 heavy (non-hydrogen) atoms. The maximum Gasteiger partial charge on any atom is 0.0897 e. The monoisotopic (exact) mass is 297 g/mol. The van der Waals surface area contributed by atoms with Gasteiger partial charge in [0.1, 0.15) is 0 Å². The van der Waals surface area contributed by atoms with E-state index in [1.807, 2.05) is 0 Å². The van der Waals surface area contributed by atoms with Gasteiger partial charge < -0.3 is 15.2 Å². The maximum absolute atomic E-state index is 10.1. The Bertz CT molecular complexity index is 278. The van der Waals surface area contributed by atoms with Crippen LogP contribution in [0.2, 0.25) is 0 Å². The van der Waals surface area contributed by atoms with Crippen molar-refractivity contribution in [2.45, 2.75) is 89.9 Å². The van der Waals surface area contributed by atoms with Crippen molar-refractivity contribution < 1.29 is 9.84 Å². The first-order chi connectivity index (χ1) is 10.1. The van der Waals surface area contributed by atoms with E-state index in [0.29, 0.717) is 25.3 Å². The van der Waals surface area contributed by atoms with Gasteiger partial charge in [0.05, 0.1) is 18.8 Å². The number of rotatable bonds is 7. The summed E-state index contributed by atoms with van der Waals surface area (Å²) in [4.78, 5) is 0. The quantitative estimate of drug-likeness (QED) is 0.755. The minimum atomic E-state index is -0.367. The number of aliphatic hydroxyl groups excluding tert-OH is 1. The van der Waals surface area contributed by atoms with Gasteiger partial charge in [0, 0.05) is 12.6 Å². The highest BCUT2D eigenvalue weighted by molar-refractivity contribution is 4.77. The highest BCUT2D eigenvalue weighted by Gasteiger charge is 2.22. The van der Waals surface area contributed by atoms with Crippen molar-refractivity contribution in [1.29, 1.82) is 0 Å². The summed E-state index contributed by atoms with van der Waals surface area (Å²) in [6.07, 6.45) is 11.8. The molecule has 0 saturated heterocycles. The van der Waals surface area contributed by atoms with Crippen LogP contribution in [0.3, 0.4) is 0 Å². The lowest BCUT2D eigenvalue weighted by Gasteiger charge is -2.30. The van der Waals surface area contributed by atoms with Crippen LogP contribution in [0.5, 0.6) is 0 Å².